The van der Waals surface area contributed by atoms with E-state index in [4.69, 9.17) is 0 Å². The second kappa shape index (κ2) is 8.68. The van der Waals surface area contributed by atoms with Gasteiger partial charge in [-0.2, -0.15) is 13.2 Å². The minimum absolute atomic E-state index is 0.170. The standard InChI is InChI=1S/C23H19F3N4O3S2/c1-22(2,35(3,32)33)16-11-14-8-5-9-27-18(14)17(12-16)13-6-4-7-15(10-13)19(31)28-21-30-29-20(34-21)23(24,25)26/h4-12H,1-3H3,(H,28,30,31). The number of aromatic nitrogens is 3. The Balaban J connectivity index is 1.76. The van der Waals surface area contributed by atoms with Crippen LogP contribution in [0.5, 0.6) is 0 Å². The Bertz CT molecular complexity index is 1550. The highest BCUT2D eigenvalue weighted by molar-refractivity contribution is 7.91. The molecule has 12 heteroatoms. The first-order valence-corrected chi connectivity index (χ1v) is 12.9. The fourth-order valence-electron chi connectivity index (χ4n) is 3.36. The van der Waals surface area contributed by atoms with E-state index in [1.807, 2.05) is 6.07 Å². The number of hydrogen-bond donors (Lipinski definition) is 1. The summed E-state index contributed by atoms with van der Waals surface area (Å²) < 4.78 is 62.1. The summed E-state index contributed by atoms with van der Waals surface area (Å²) in [6.07, 6.45) is -1.88. The average Bonchev–Trinajstić information content (AvgIpc) is 3.27. The highest BCUT2D eigenvalue weighted by Gasteiger charge is 2.36. The van der Waals surface area contributed by atoms with Gasteiger partial charge in [-0.1, -0.05) is 29.5 Å². The zero-order chi connectivity index (χ0) is 25.6. The van der Waals surface area contributed by atoms with Gasteiger partial charge in [-0.25, -0.2) is 8.42 Å². The molecule has 0 fully saturated rings. The molecule has 35 heavy (non-hydrogen) atoms. The van der Waals surface area contributed by atoms with Gasteiger partial charge in [0.25, 0.3) is 5.91 Å². The molecule has 0 radical (unpaired) electrons. The quantitative estimate of drug-likeness (QED) is 0.383. The third-order valence-corrected chi connectivity index (χ3v) is 8.62. The predicted molar refractivity (Wildman–Crippen MR) is 128 cm³/mol. The smallest absolute Gasteiger partial charge is 0.296 e. The van der Waals surface area contributed by atoms with Crippen LogP contribution in [0.25, 0.3) is 22.0 Å². The molecule has 1 N–H and O–H groups in total. The number of pyridine rings is 1. The van der Waals surface area contributed by atoms with Crippen LogP contribution in [-0.4, -0.2) is 35.8 Å². The van der Waals surface area contributed by atoms with Crippen molar-refractivity contribution in [3.8, 4) is 11.1 Å². The van der Waals surface area contributed by atoms with Crippen LogP contribution in [0.2, 0.25) is 0 Å². The first kappa shape index (κ1) is 24.7. The van der Waals surface area contributed by atoms with Gasteiger partial charge in [0.15, 0.2) is 9.84 Å². The number of fused-ring (bicyclic) bond motifs is 1. The van der Waals surface area contributed by atoms with Crippen LogP contribution in [0.15, 0.2) is 54.7 Å². The molecule has 0 atom stereocenters. The molecule has 0 aliphatic carbocycles. The van der Waals surface area contributed by atoms with Gasteiger partial charge in [-0.3, -0.25) is 15.1 Å². The summed E-state index contributed by atoms with van der Waals surface area (Å²) >= 11 is 0.226. The third-order valence-electron chi connectivity index (χ3n) is 5.65. The fraction of sp³-hybridized carbons (Fsp3) is 0.217. The lowest BCUT2D eigenvalue weighted by molar-refractivity contribution is -0.138. The molecule has 2 aromatic heterocycles. The Morgan fingerprint density at radius 2 is 1.77 bits per heavy atom. The number of sulfone groups is 1. The Morgan fingerprint density at radius 3 is 2.43 bits per heavy atom. The van der Waals surface area contributed by atoms with Gasteiger partial charge < -0.3 is 0 Å². The van der Waals surface area contributed by atoms with Crippen LogP contribution in [0.4, 0.5) is 18.3 Å². The van der Waals surface area contributed by atoms with Gasteiger partial charge >= 0.3 is 6.18 Å². The minimum Gasteiger partial charge on any atom is -0.296 e. The Morgan fingerprint density at radius 1 is 1.03 bits per heavy atom. The van der Waals surface area contributed by atoms with E-state index in [0.29, 0.717) is 22.2 Å². The number of alkyl halides is 3. The van der Waals surface area contributed by atoms with E-state index >= 15 is 0 Å². The maximum atomic E-state index is 12.8. The van der Waals surface area contributed by atoms with Crippen molar-refractivity contribution in [1.82, 2.24) is 15.2 Å². The lowest BCUT2D eigenvalue weighted by Crippen LogP contribution is -2.28. The molecule has 4 rings (SSSR count). The molecule has 0 bridgehead atoms. The molecular weight excluding hydrogens is 501 g/mol. The normalized spacial score (nSPS) is 12.6. The van der Waals surface area contributed by atoms with Crippen molar-refractivity contribution in [2.75, 3.05) is 11.6 Å². The summed E-state index contributed by atoms with van der Waals surface area (Å²) in [6, 6.07) is 13.5. The minimum atomic E-state index is -4.65. The number of anilines is 1. The maximum Gasteiger partial charge on any atom is 0.445 e. The molecule has 2 aromatic carbocycles. The second-order valence-corrected chi connectivity index (χ2v) is 11.9. The molecule has 1 amide bonds. The Kier molecular flexibility index (Phi) is 6.14. The zero-order valence-electron chi connectivity index (χ0n) is 18.7. The van der Waals surface area contributed by atoms with Gasteiger partial charge in [0, 0.05) is 29.0 Å². The van der Waals surface area contributed by atoms with Crippen LogP contribution in [0.1, 0.15) is 34.8 Å². The topological polar surface area (TPSA) is 102 Å². The molecule has 7 nitrogen and oxygen atoms in total. The predicted octanol–water partition coefficient (Wildman–Crippen LogP) is 5.30. The monoisotopic (exact) mass is 520 g/mol. The van der Waals surface area contributed by atoms with Gasteiger partial charge in [0.05, 0.1) is 10.3 Å². The van der Waals surface area contributed by atoms with E-state index in [0.717, 1.165) is 5.39 Å². The van der Waals surface area contributed by atoms with Crippen molar-refractivity contribution in [1.29, 1.82) is 0 Å². The lowest BCUT2D eigenvalue weighted by Gasteiger charge is -2.24. The summed E-state index contributed by atoms with van der Waals surface area (Å²) in [5, 5.41) is 8.05. The van der Waals surface area contributed by atoms with Crippen molar-refractivity contribution < 1.29 is 26.4 Å². The lowest BCUT2D eigenvalue weighted by atomic mass is 9.93. The van der Waals surface area contributed by atoms with Crippen LogP contribution in [0, 0.1) is 0 Å². The largest absolute Gasteiger partial charge is 0.445 e. The summed E-state index contributed by atoms with van der Waals surface area (Å²) in [4.78, 5) is 17.2. The fourth-order valence-corrected chi connectivity index (χ4v) is 4.51. The molecule has 0 aliphatic heterocycles. The van der Waals surface area contributed by atoms with Crippen LogP contribution >= 0.6 is 11.3 Å². The van der Waals surface area contributed by atoms with Crippen molar-refractivity contribution in [2.24, 2.45) is 0 Å². The van der Waals surface area contributed by atoms with Crippen molar-refractivity contribution in [3.05, 3.63) is 70.9 Å². The molecule has 0 aliphatic rings. The summed E-state index contributed by atoms with van der Waals surface area (Å²) in [6.45, 7) is 3.23. The first-order chi connectivity index (χ1) is 16.3. The van der Waals surface area contributed by atoms with Gasteiger partial charge in [0.2, 0.25) is 10.1 Å². The van der Waals surface area contributed by atoms with Gasteiger partial charge in [0.1, 0.15) is 0 Å². The number of carbonyl (C=O) groups is 1. The summed E-state index contributed by atoms with van der Waals surface area (Å²) in [5.74, 6) is -0.665. The molecule has 2 heterocycles. The van der Waals surface area contributed by atoms with Crippen molar-refractivity contribution in [3.63, 3.8) is 0 Å². The SMILES string of the molecule is CC(C)(c1cc(-c2cccc(C(=O)Nc3nnc(C(F)(F)F)s3)c2)c2ncccc2c1)S(C)(=O)=O. The van der Waals surface area contributed by atoms with E-state index < -0.39 is 31.7 Å². The maximum absolute atomic E-state index is 12.8. The average molecular weight is 521 g/mol. The molecular formula is C23H19F3N4O3S2. The van der Waals surface area contributed by atoms with E-state index in [1.54, 1.807) is 56.4 Å². The highest BCUT2D eigenvalue weighted by Crippen LogP contribution is 2.37. The van der Waals surface area contributed by atoms with E-state index in [2.05, 4.69) is 20.5 Å². The number of hydrogen-bond acceptors (Lipinski definition) is 7. The van der Waals surface area contributed by atoms with E-state index in [1.165, 1.54) is 12.3 Å². The van der Waals surface area contributed by atoms with Crippen LogP contribution < -0.4 is 5.32 Å². The Hall–Kier alpha value is -3.38. The first-order valence-electron chi connectivity index (χ1n) is 10.2. The molecule has 0 spiro atoms. The van der Waals surface area contributed by atoms with Gasteiger partial charge in [-0.05, 0) is 55.3 Å². The summed E-state index contributed by atoms with van der Waals surface area (Å²) in [7, 11) is -3.46. The third kappa shape index (κ3) is 4.89. The number of carbonyl (C=O) groups excluding carboxylic acids is 1. The Labute approximate surface area is 203 Å². The highest BCUT2D eigenvalue weighted by atomic mass is 32.2. The number of benzene rings is 2. The van der Waals surface area contributed by atoms with Crippen molar-refractivity contribution >= 4 is 43.1 Å². The molecule has 0 unspecified atom stereocenters. The van der Waals surface area contributed by atoms with Crippen LogP contribution in [-0.2, 0) is 20.8 Å². The van der Waals surface area contributed by atoms with E-state index in [-0.39, 0.29) is 22.0 Å². The van der Waals surface area contributed by atoms with E-state index in [9.17, 15) is 26.4 Å². The number of rotatable bonds is 5. The molecule has 182 valence electrons. The number of amides is 1. The second-order valence-electron chi connectivity index (χ2n) is 8.33. The van der Waals surface area contributed by atoms with Crippen molar-refractivity contribution in [2.45, 2.75) is 24.8 Å². The summed E-state index contributed by atoms with van der Waals surface area (Å²) in [5.41, 5.74) is 2.53. The molecule has 4 aromatic rings. The number of nitrogens with one attached hydrogen (secondary N) is 1. The van der Waals surface area contributed by atoms with Gasteiger partial charge in [-0.15, -0.1) is 10.2 Å². The molecule has 0 saturated carbocycles. The molecule has 0 saturated heterocycles. The zero-order valence-corrected chi connectivity index (χ0v) is 20.3. The number of halogens is 3. The number of nitrogens with zero attached hydrogens (tertiary/aromatic N) is 3. The van der Waals surface area contributed by atoms with Crippen LogP contribution in [0.3, 0.4) is 0 Å².